The molecular weight excluding hydrogens is 492 g/mol. The molecule has 9 heteroatoms. The van der Waals surface area contributed by atoms with E-state index in [1.54, 1.807) is 30.3 Å². The molecule has 0 aromatic heterocycles. The lowest BCUT2D eigenvalue weighted by Crippen LogP contribution is -2.14. The summed E-state index contributed by atoms with van der Waals surface area (Å²) in [5.74, 6) is -4.82. The summed E-state index contributed by atoms with van der Waals surface area (Å²) in [6.07, 6.45) is 0. The van der Waals surface area contributed by atoms with Crippen molar-refractivity contribution in [1.29, 1.82) is 0 Å². The maximum absolute atomic E-state index is 12.9. The molecule has 0 radical (unpaired) electrons. The minimum absolute atomic E-state index is 0.0196. The topological polar surface area (TPSA) is 144 Å². The second-order valence-electron chi connectivity index (χ2n) is 7.90. The largest absolute Gasteiger partial charge is 0.478 e. The van der Waals surface area contributed by atoms with E-state index in [4.69, 9.17) is 19.7 Å². The second-order valence-corrected chi connectivity index (χ2v) is 7.90. The number of ketones is 1. The molecule has 188 valence electrons. The van der Waals surface area contributed by atoms with Gasteiger partial charge in [-0.1, -0.05) is 30.3 Å². The van der Waals surface area contributed by atoms with Crippen LogP contribution in [-0.4, -0.2) is 39.9 Å². The maximum atomic E-state index is 12.9. The number of carbonyl (C=O) groups is 5. The molecule has 0 aliphatic heterocycles. The van der Waals surface area contributed by atoms with Crippen LogP contribution in [0.1, 0.15) is 57.4 Å². The van der Waals surface area contributed by atoms with Crippen molar-refractivity contribution < 1.29 is 43.7 Å². The zero-order chi connectivity index (χ0) is 27.2. The monoisotopic (exact) mass is 510 g/mol. The average molecular weight is 510 g/mol. The van der Waals surface area contributed by atoms with Gasteiger partial charge in [-0.15, -0.1) is 0 Å². The van der Waals surface area contributed by atoms with E-state index in [1.807, 2.05) is 0 Å². The molecule has 2 N–H and O–H groups in total. The molecule has 0 aliphatic rings. The first-order chi connectivity index (χ1) is 18.2. The lowest BCUT2D eigenvalue weighted by atomic mass is 10.0. The summed E-state index contributed by atoms with van der Waals surface area (Å²) in [7, 11) is 0. The van der Waals surface area contributed by atoms with Crippen molar-refractivity contribution in [2.24, 2.45) is 0 Å². The summed E-state index contributed by atoms with van der Waals surface area (Å²) >= 11 is 0. The molecule has 4 rings (SSSR count). The summed E-state index contributed by atoms with van der Waals surface area (Å²) in [6.45, 7) is 0. The lowest BCUT2D eigenvalue weighted by molar-refractivity contribution is 0.0679. The van der Waals surface area contributed by atoms with Gasteiger partial charge in [0.1, 0.15) is 0 Å². The van der Waals surface area contributed by atoms with Gasteiger partial charge in [0.25, 0.3) is 0 Å². The van der Waals surface area contributed by atoms with Gasteiger partial charge in [0.15, 0.2) is 17.3 Å². The summed E-state index contributed by atoms with van der Waals surface area (Å²) in [5, 5.41) is 18.1. The van der Waals surface area contributed by atoms with Crippen molar-refractivity contribution in [3.05, 3.63) is 130 Å². The molecule has 0 heterocycles. The number of carboxylic acid groups (broad SMARTS) is 2. The van der Waals surface area contributed by atoms with E-state index < -0.39 is 23.9 Å². The molecule has 0 fully saturated rings. The van der Waals surface area contributed by atoms with Gasteiger partial charge in [0.2, 0.25) is 0 Å². The van der Waals surface area contributed by atoms with Crippen molar-refractivity contribution in [1.82, 2.24) is 0 Å². The molecule has 0 saturated heterocycles. The first-order valence-corrected chi connectivity index (χ1v) is 11.1. The molecule has 4 aromatic carbocycles. The first kappa shape index (κ1) is 25.5. The third-order valence-corrected chi connectivity index (χ3v) is 5.38. The number of carbonyl (C=O) groups excluding carboxylic acids is 3. The summed E-state index contributed by atoms with van der Waals surface area (Å²) in [5.41, 5.74) is 0.565. The Labute approximate surface area is 215 Å². The second kappa shape index (κ2) is 11.0. The fraction of sp³-hybridized carbons (Fsp3) is 0. The Morgan fingerprint density at radius 3 is 1.34 bits per heavy atom. The number of carboxylic acids is 2. The van der Waals surface area contributed by atoms with E-state index in [0.717, 1.165) is 0 Å². The predicted molar refractivity (Wildman–Crippen MR) is 133 cm³/mol. The summed E-state index contributed by atoms with van der Waals surface area (Å²) in [4.78, 5) is 60.6. The van der Waals surface area contributed by atoms with Crippen LogP contribution in [0.4, 0.5) is 0 Å². The van der Waals surface area contributed by atoms with Gasteiger partial charge >= 0.3 is 23.9 Å². The van der Waals surface area contributed by atoms with E-state index >= 15 is 0 Å². The van der Waals surface area contributed by atoms with Crippen LogP contribution in [0.5, 0.6) is 11.5 Å². The van der Waals surface area contributed by atoms with Crippen molar-refractivity contribution in [2.75, 3.05) is 0 Å². The van der Waals surface area contributed by atoms with Gasteiger partial charge in [0, 0.05) is 11.1 Å². The van der Waals surface area contributed by atoms with E-state index in [-0.39, 0.29) is 45.1 Å². The zero-order valence-electron chi connectivity index (χ0n) is 19.5. The smallest absolute Gasteiger partial charge is 0.343 e. The minimum Gasteiger partial charge on any atom is -0.478 e. The van der Waals surface area contributed by atoms with Gasteiger partial charge in [-0.25, -0.2) is 19.2 Å². The van der Waals surface area contributed by atoms with Crippen LogP contribution >= 0.6 is 0 Å². The van der Waals surface area contributed by atoms with Crippen LogP contribution in [0.3, 0.4) is 0 Å². The van der Waals surface area contributed by atoms with Gasteiger partial charge in [-0.2, -0.15) is 0 Å². The van der Waals surface area contributed by atoms with Crippen molar-refractivity contribution in [3.63, 3.8) is 0 Å². The molecule has 0 spiro atoms. The van der Waals surface area contributed by atoms with Crippen molar-refractivity contribution in [3.8, 4) is 11.5 Å². The van der Waals surface area contributed by atoms with E-state index in [9.17, 15) is 24.0 Å². The minimum atomic E-state index is -1.16. The van der Waals surface area contributed by atoms with Crippen LogP contribution in [0.25, 0.3) is 0 Å². The predicted octanol–water partition coefficient (Wildman–Crippen LogP) is 4.75. The molecule has 38 heavy (non-hydrogen) atoms. The summed E-state index contributed by atoms with van der Waals surface area (Å²) < 4.78 is 10.9. The Morgan fingerprint density at radius 2 is 0.868 bits per heavy atom. The Morgan fingerprint density at radius 1 is 0.447 bits per heavy atom. The van der Waals surface area contributed by atoms with E-state index in [0.29, 0.717) is 5.56 Å². The molecule has 0 aliphatic carbocycles. The Bertz CT molecular complexity index is 1540. The molecule has 0 unspecified atom stereocenters. The number of ether oxygens (including phenoxy) is 2. The number of aromatic carboxylic acids is 2. The third kappa shape index (κ3) is 5.80. The number of hydrogen-bond donors (Lipinski definition) is 2. The molecule has 0 atom stereocenters. The average Bonchev–Trinajstić information content (AvgIpc) is 2.94. The fourth-order valence-corrected chi connectivity index (χ4v) is 3.38. The summed E-state index contributed by atoms with van der Waals surface area (Å²) in [6, 6.07) is 22.4. The number of benzene rings is 4. The molecule has 0 bridgehead atoms. The van der Waals surface area contributed by atoms with Crippen molar-refractivity contribution >= 4 is 29.7 Å². The number of hydrogen-bond acceptors (Lipinski definition) is 7. The highest BCUT2D eigenvalue weighted by molar-refractivity contribution is 6.09. The molecule has 9 nitrogen and oxygen atoms in total. The van der Waals surface area contributed by atoms with Crippen LogP contribution < -0.4 is 9.47 Å². The maximum Gasteiger partial charge on any atom is 0.343 e. The van der Waals surface area contributed by atoms with Gasteiger partial charge in [0.05, 0.1) is 22.3 Å². The van der Waals surface area contributed by atoms with Crippen LogP contribution in [-0.2, 0) is 0 Å². The standard InChI is InChI=1S/C29H18O9/c30-25(17-4-2-1-3-5-17)22-14-15-23(37-28(35)20-10-6-18(7-11-20)26(31)32)24(16-22)38-29(36)21-12-8-19(9-13-21)27(33)34/h1-16H,(H,31,32)(H,33,34). The van der Waals surface area contributed by atoms with Gasteiger partial charge in [-0.3, -0.25) is 4.79 Å². The van der Waals surface area contributed by atoms with Gasteiger partial charge in [-0.05, 0) is 66.7 Å². The van der Waals surface area contributed by atoms with Gasteiger partial charge < -0.3 is 19.7 Å². The lowest BCUT2D eigenvalue weighted by Gasteiger charge is -2.12. The first-order valence-electron chi connectivity index (χ1n) is 11.1. The van der Waals surface area contributed by atoms with Crippen LogP contribution in [0.15, 0.2) is 97.1 Å². The van der Waals surface area contributed by atoms with E-state index in [2.05, 4.69) is 0 Å². The molecule has 0 saturated carbocycles. The molecule has 0 amide bonds. The number of rotatable bonds is 8. The van der Waals surface area contributed by atoms with Crippen LogP contribution in [0.2, 0.25) is 0 Å². The highest BCUT2D eigenvalue weighted by Crippen LogP contribution is 2.31. The Hall–Kier alpha value is -5.57. The third-order valence-electron chi connectivity index (χ3n) is 5.38. The quantitative estimate of drug-likeness (QED) is 0.195. The normalized spacial score (nSPS) is 10.3. The molecular formula is C29H18O9. The fourth-order valence-electron chi connectivity index (χ4n) is 3.38. The SMILES string of the molecule is O=C(O)c1ccc(C(=O)Oc2ccc(C(=O)c3ccccc3)cc2OC(=O)c2ccc(C(=O)O)cc2)cc1. The molecule has 4 aromatic rings. The highest BCUT2D eigenvalue weighted by atomic mass is 16.6. The number of esters is 2. The highest BCUT2D eigenvalue weighted by Gasteiger charge is 2.20. The van der Waals surface area contributed by atoms with Crippen molar-refractivity contribution in [2.45, 2.75) is 0 Å². The van der Waals surface area contributed by atoms with Crippen LogP contribution in [0, 0.1) is 0 Å². The Kier molecular flexibility index (Phi) is 7.39. The zero-order valence-corrected chi connectivity index (χ0v) is 19.5. The Balaban J connectivity index is 1.65. The van der Waals surface area contributed by atoms with E-state index in [1.165, 1.54) is 66.7 Å².